The Morgan fingerprint density at radius 1 is 1.35 bits per heavy atom. The molecule has 2 aromatic rings. The van der Waals surface area contributed by atoms with Gasteiger partial charge >= 0.3 is 5.97 Å². The van der Waals surface area contributed by atoms with Crippen LogP contribution in [0.1, 0.15) is 19.8 Å². The summed E-state index contributed by atoms with van der Waals surface area (Å²) >= 11 is 11.8. The average Bonchev–Trinajstić information content (AvgIpc) is 2.91. The summed E-state index contributed by atoms with van der Waals surface area (Å²) in [7, 11) is 1.90. The number of likely N-dealkylation sites (tertiary alicyclic amines) is 1. The molecule has 0 atom stereocenters. The Balaban J connectivity index is 1.70. The zero-order chi connectivity index (χ0) is 18.7. The molecule has 6 nitrogen and oxygen atoms in total. The molecule has 1 aromatic carbocycles. The highest BCUT2D eigenvalue weighted by atomic mass is 35.5. The maximum atomic E-state index is 11.9. The number of hydrogen-bond donors (Lipinski definition) is 0. The van der Waals surface area contributed by atoms with Crippen LogP contribution >= 0.6 is 23.8 Å². The molecule has 1 saturated heterocycles. The van der Waals surface area contributed by atoms with Crippen molar-refractivity contribution in [2.45, 2.75) is 26.4 Å². The van der Waals surface area contributed by atoms with E-state index in [-0.39, 0.29) is 11.9 Å². The van der Waals surface area contributed by atoms with Crippen LogP contribution in [-0.2, 0) is 23.2 Å². The smallest absolute Gasteiger partial charge is 0.309 e. The van der Waals surface area contributed by atoms with E-state index in [1.807, 2.05) is 47.5 Å². The van der Waals surface area contributed by atoms with Crippen molar-refractivity contribution in [3.63, 3.8) is 0 Å². The van der Waals surface area contributed by atoms with Crippen LogP contribution < -0.4 is 0 Å². The fourth-order valence-electron chi connectivity index (χ4n) is 3.22. The first kappa shape index (κ1) is 19.1. The Labute approximate surface area is 163 Å². The number of rotatable bonds is 5. The van der Waals surface area contributed by atoms with Crippen molar-refractivity contribution in [2.24, 2.45) is 13.0 Å². The van der Waals surface area contributed by atoms with Crippen molar-refractivity contribution < 1.29 is 9.53 Å². The average molecular weight is 395 g/mol. The fraction of sp³-hybridized carbons (Fsp3) is 0.500. The molecule has 2 heterocycles. The third-order valence-corrected chi connectivity index (χ3v) is 5.51. The van der Waals surface area contributed by atoms with E-state index in [4.69, 9.17) is 28.6 Å². The molecule has 0 bridgehead atoms. The molecule has 0 amide bonds. The minimum atomic E-state index is -0.0809. The Hall–Kier alpha value is -1.70. The summed E-state index contributed by atoms with van der Waals surface area (Å²) in [5, 5.41) is 5.33. The van der Waals surface area contributed by atoms with Gasteiger partial charge in [0.1, 0.15) is 0 Å². The Kier molecular flexibility index (Phi) is 6.11. The van der Waals surface area contributed by atoms with Gasteiger partial charge in [-0.05, 0) is 44.1 Å². The standard InChI is InChI=1S/C18H23ClN4O2S/c1-3-25-17(24)13-8-10-22(11-9-13)12-23-18(26)21(2)16(20-23)14-6-4-5-7-15(14)19/h4-7,13H,3,8-12H2,1-2H3. The number of esters is 1. The van der Waals surface area contributed by atoms with Crippen molar-refractivity contribution in [3.8, 4) is 11.4 Å². The van der Waals surface area contributed by atoms with Gasteiger partial charge in [0, 0.05) is 25.7 Å². The molecule has 1 aromatic heterocycles. The van der Waals surface area contributed by atoms with E-state index >= 15 is 0 Å². The first-order chi connectivity index (χ1) is 12.5. The first-order valence-corrected chi connectivity index (χ1v) is 9.57. The van der Waals surface area contributed by atoms with E-state index in [2.05, 4.69) is 10.00 Å². The van der Waals surface area contributed by atoms with Crippen LogP contribution in [0.25, 0.3) is 11.4 Å². The van der Waals surface area contributed by atoms with Crippen molar-refractivity contribution >= 4 is 29.8 Å². The summed E-state index contributed by atoms with van der Waals surface area (Å²) in [5.41, 5.74) is 0.863. The highest BCUT2D eigenvalue weighted by Crippen LogP contribution is 2.26. The largest absolute Gasteiger partial charge is 0.466 e. The van der Waals surface area contributed by atoms with Gasteiger partial charge in [-0.15, -0.1) is 0 Å². The molecule has 26 heavy (non-hydrogen) atoms. The monoisotopic (exact) mass is 394 g/mol. The minimum absolute atomic E-state index is 0.00147. The summed E-state index contributed by atoms with van der Waals surface area (Å²) in [6, 6.07) is 7.61. The van der Waals surface area contributed by atoms with E-state index in [1.165, 1.54) is 0 Å². The summed E-state index contributed by atoms with van der Waals surface area (Å²) in [6.07, 6.45) is 1.60. The Morgan fingerprint density at radius 3 is 2.69 bits per heavy atom. The van der Waals surface area contributed by atoms with Crippen LogP contribution in [0.2, 0.25) is 5.02 Å². The van der Waals surface area contributed by atoms with E-state index < -0.39 is 0 Å². The number of nitrogens with zero attached hydrogens (tertiary/aromatic N) is 4. The highest BCUT2D eigenvalue weighted by molar-refractivity contribution is 7.71. The third kappa shape index (κ3) is 4.00. The predicted molar refractivity (Wildman–Crippen MR) is 103 cm³/mol. The lowest BCUT2D eigenvalue weighted by Gasteiger charge is -2.30. The zero-order valence-corrected chi connectivity index (χ0v) is 16.6. The maximum absolute atomic E-state index is 11.9. The van der Waals surface area contributed by atoms with Crippen LogP contribution in [-0.4, -0.2) is 44.9 Å². The fourth-order valence-corrected chi connectivity index (χ4v) is 3.62. The molecule has 0 saturated carbocycles. The molecular weight excluding hydrogens is 372 g/mol. The van der Waals surface area contributed by atoms with Gasteiger partial charge in [0.25, 0.3) is 0 Å². The number of aromatic nitrogens is 3. The summed E-state index contributed by atoms with van der Waals surface area (Å²) in [5.74, 6) is 0.672. The molecule has 0 N–H and O–H groups in total. The van der Waals surface area contributed by atoms with Crippen molar-refractivity contribution in [1.82, 2.24) is 19.2 Å². The summed E-state index contributed by atoms with van der Waals surface area (Å²) in [6.45, 7) is 4.53. The molecule has 140 valence electrons. The SMILES string of the molecule is CCOC(=O)C1CCN(Cn2nc(-c3ccccc3Cl)n(C)c2=S)CC1. The molecule has 0 aliphatic carbocycles. The van der Waals surface area contributed by atoms with Gasteiger partial charge in [0.05, 0.1) is 24.2 Å². The zero-order valence-electron chi connectivity index (χ0n) is 15.0. The van der Waals surface area contributed by atoms with Crippen LogP contribution in [0.4, 0.5) is 0 Å². The summed E-state index contributed by atoms with van der Waals surface area (Å²) in [4.78, 5) is 14.1. The molecule has 1 fully saturated rings. The normalized spacial score (nSPS) is 16.0. The lowest BCUT2D eigenvalue weighted by Crippen LogP contribution is -2.38. The molecule has 0 radical (unpaired) electrons. The van der Waals surface area contributed by atoms with Gasteiger partial charge in [-0.3, -0.25) is 9.69 Å². The van der Waals surface area contributed by atoms with Gasteiger partial charge < -0.3 is 9.30 Å². The van der Waals surface area contributed by atoms with E-state index in [0.717, 1.165) is 37.3 Å². The second-order valence-corrected chi connectivity index (χ2v) is 7.20. The van der Waals surface area contributed by atoms with Crippen molar-refractivity contribution in [3.05, 3.63) is 34.1 Å². The molecule has 8 heteroatoms. The van der Waals surface area contributed by atoms with Gasteiger partial charge in [-0.25, -0.2) is 4.68 Å². The predicted octanol–water partition coefficient (Wildman–Crippen LogP) is 3.50. The van der Waals surface area contributed by atoms with Crippen LogP contribution in [0.3, 0.4) is 0 Å². The molecule has 1 aliphatic heterocycles. The number of piperidine rings is 1. The van der Waals surface area contributed by atoms with Crippen LogP contribution in [0.15, 0.2) is 24.3 Å². The quantitative estimate of drug-likeness (QED) is 0.573. The van der Waals surface area contributed by atoms with Gasteiger partial charge in [-0.2, -0.15) is 5.10 Å². The number of carbonyl (C=O) groups is 1. The lowest BCUT2D eigenvalue weighted by molar-refractivity contribution is -0.149. The molecule has 1 aliphatic rings. The van der Waals surface area contributed by atoms with Crippen molar-refractivity contribution in [2.75, 3.05) is 19.7 Å². The van der Waals surface area contributed by atoms with Crippen LogP contribution in [0, 0.1) is 10.7 Å². The van der Waals surface area contributed by atoms with E-state index in [0.29, 0.717) is 23.1 Å². The highest BCUT2D eigenvalue weighted by Gasteiger charge is 2.26. The number of ether oxygens (including phenoxy) is 1. The number of hydrogen-bond acceptors (Lipinski definition) is 5. The lowest BCUT2D eigenvalue weighted by atomic mass is 9.97. The topological polar surface area (TPSA) is 52.3 Å². The van der Waals surface area contributed by atoms with Crippen molar-refractivity contribution in [1.29, 1.82) is 0 Å². The number of benzene rings is 1. The Morgan fingerprint density at radius 2 is 2.04 bits per heavy atom. The molecule has 0 unspecified atom stereocenters. The minimum Gasteiger partial charge on any atom is -0.466 e. The number of halogens is 1. The Bertz CT molecular complexity index is 840. The van der Waals surface area contributed by atoms with Gasteiger partial charge in [0.2, 0.25) is 0 Å². The first-order valence-electron chi connectivity index (χ1n) is 8.79. The maximum Gasteiger partial charge on any atom is 0.309 e. The van der Waals surface area contributed by atoms with Crippen LogP contribution in [0.5, 0.6) is 0 Å². The van der Waals surface area contributed by atoms with Gasteiger partial charge in [0.15, 0.2) is 10.6 Å². The molecule has 3 rings (SSSR count). The van der Waals surface area contributed by atoms with Gasteiger partial charge in [-0.1, -0.05) is 23.7 Å². The molecule has 0 spiro atoms. The number of carbonyl (C=O) groups excluding carboxylic acids is 1. The second kappa shape index (κ2) is 8.33. The molecular formula is C18H23ClN4O2S. The third-order valence-electron chi connectivity index (χ3n) is 4.70. The second-order valence-electron chi connectivity index (χ2n) is 6.43. The van der Waals surface area contributed by atoms with E-state index in [9.17, 15) is 4.79 Å². The van der Waals surface area contributed by atoms with E-state index in [1.54, 1.807) is 0 Å². The summed E-state index contributed by atoms with van der Waals surface area (Å²) < 4.78 is 9.47.